The average molecular weight is 291 g/mol. The van der Waals surface area contributed by atoms with E-state index in [0.717, 1.165) is 0 Å². The van der Waals surface area contributed by atoms with Crippen molar-refractivity contribution in [1.29, 1.82) is 10.5 Å². The van der Waals surface area contributed by atoms with Gasteiger partial charge in [-0.15, -0.1) is 0 Å². The molecule has 20 heavy (non-hydrogen) atoms. The first kappa shape index (κ1) is 16.2. The second kappa shape index (κ2) is 7.64. The van der Waals surface area contributed by atoms with Crippen LogP contribution in [0.25, 0.3) is 0 Å². The molecule has 0 fully saturated rings. The normalized spacial score (nSPS) is 11.0. The molecule has 6 heteroatoms. The lowest BCUT2D eigenvalue weighted by molar-refractivity contribution is 0.312. The van der Waals surface area contributed by atoms with Crippen LogP contribution in [0.2, 0.25) is 0 Å². The predicted octanol–water partition coefficient (Wildman–Crippen LogP) is 1.57. The van der Waals surface area contributed by atoms with Crippen LogP contribution < -0.4 is 0 Å². The van der Waals surface area contributed by atoms with Crippen LogP contribution in [-0.4, -0.2) is 38.7 Å². The maximum atomic E-state index is 12.2. The first-order chi connectivity index (χ1) is 9.53. The molecule has 0 saturated heterocycles. The SMILES string of the molecule is CCN(CCC#N)CCS(=O)(=O)c1ccc(C#N)cc1. The summed E-state index contributed by atoms with van der Waals surface area (Å²) in [4.78, 5) is 2.16. The summed E-state index contributed by atoms with van der Waals surface area (Å²) in [6, 6.07) is 9.92. The first-order valence-corrected chi connectivity index (χ1v) is 8.01. The van der Waals surface area contributed by atoms with Crippen LogP contribution in [0.5, 0.6) is 0 Å². The van der Waals surface area contributed by atoms with Gasteiger partial charge in [-0.25, -0.2) is 8.42 Å². The third-order valence-corrected chi connectivity index (χ3v) is 4.72. The standard InChI is InChI=1S/C14H17N3O2S/c1-2-17(9-3-8-15)10-11-20(18,19)14-6-4-13(12-16)5-7-14/h4-7H,2-3,9-11H2,1H3. The molecule has 0 aromatic heterocycles. The van der Waals surface area contributed by atoms with E-state index >= 15 is 0 Å². The molecule has 0 aliphatic rings. The van der Waals surface area contributed by atoms with Crippen molar-refractivity contribution >= 4 is 9.84 Å². The number of nitriles is 2. The molecular formula is C14H17N3O2S. The lowest BCUT2D eigenvalue weighted by Gasteiger charge is -2.18. The molecule has 0 amide bonds. The molecule has 0 spiro atoms. The van der Waals surface area contributed by atoms with Crippen LogP contribution in [0.15, 0.2) is 29.2 Å². The Labute approximate surface area is 120 Å². The third kappa shape index (κ3) is 4.65. The molecule has 0 atom stereocenters. The predicted molar refractivity (Wildman–Crippen MR) is 75.6 cm³/mol. The summed E-state index contributed by atoms with van der Waals surface area (Å²) in [5.74, 6) is 0.0121. The van der Waals surface area contributed by atoms with Crippen molar-refractivity contribution in [3.8, 4) is 12.1 Å². The average Bonchev–Trinajstić information content (AvgIpc) is 2.47. The van der Waals surface area contributed by atoms with Gasteiger partial charge >= 0.3 is 0 Å². The summed E-state index contributed by atoms with van der Waals surface area (Å²) in [6.07, 6.45) is 0.394. The number of hydrogen-bond donors (Lipinski definition) is 0. The number of hydrogen-bond acceptors (Lipinski definition) is 5. The lowest BCUT2D eigenvalue weighted by Crippen LogP contribution is -2.30. The van der Waals surface area contributed by atoms with E-state index in [0.29, 0.717) is 31.6 Å². The van der Waals surface area contributed by atoms with Crippen LogP contribution >= 0.6 is 0 Å². The van der Waals surface area contributed by atoms with Crippen LogP contribution in [0.4, 0.5) is 0 Å². The third-order valence-electron chi connectivity index (χ3n) is 3.01. The largest absolute Gasteiger partial charge is 0.302 e. The van der Waals surface area contributed by atoms with Crippen LogP contribution in [-0.2, 0) is 9.84 Å². The van der Waals surface area contributed by atoms with Gasteiger partial charge in [-0.2, -0.15) is 10.5 Å². The summed E-state index contributed by atoms with van der Waals surface area (Å²) in [5.41, 5.74) is 0.438. The Kier molecular flexibility index (Phi) is 6.17. The molecule has 0 N–H and O–H groups in total. The maximum Gasteiger partial charge on any atom is 0.179 e. The van der Waals surface area contributed by atoms with Gasteiger partial charge in [0, 0.05) is 19.5 Å². The van der Waals surface area contributed by atoms with Gasteiger partial charge < -0.3 is 4.90 Å². The summed E-state index contributed by atoms with van der Waals surface area (Å²) < 4.78 is 24.3. The number of benzene rings is 1. The molecule has 0 saturated carbocycles. The monoisotopic (exact) mass is 291 g/mol. The molecule has 0 aliphatic heterocycles. The van der Waals surface area contributed by atoms with Gasteiger partial charge in [-0.3, -0.25) is 0 Å². The number of sulfone groups is 1. The summed E-state index contributed by atoms with van der Waals surface area (Å²) in [6.45, 7) is 3.63. The zero-order chi connectivity index (χ0) is 15.0. The molecule has 0 bridgehead atoms. The van der Waals surface area contributed by atoms with Crippen LogP contribution in [0, 0.1) is 22.7 Å². The molecule has 5 nitrogen and oxygen atoms in total. The Morgan fingerprint density at radius 2 is 1.80 bits per heavy atom. The van der Waals surface area contributed by atoms with E-state index < -0.39 is 9.84 Å². The van der Waals surface area contributed by atoms with Crippen molar-refractivity contribution in [3.05, 3.63) is 29.8 Å². The van der Waals surface area contributed by atoms with Gasteiger partial charge in [0.25, 0.3) is 0 Å². The highest BCUT2D eigenvalue weighted by Crippen LogP contribution is 2.12. The second-order valence-electron chi connectivity index (χ2n) is 4.30. The van der Waals surface area contributed by atoms with E-state index in [1.807, 2.05) is 17.9 Å². The molecule has 1 aromatic carbocycles. The van der Waals surface area contributed by atoms with Crippen LogP contribution in [0.3, 0.4) is 0 Å². The van der Waals surface area contributed by atoms with E-state index in [-0.39, 0.29) is 10.6 Å². The Balaban J connectivity index is 2.69. The number of nitrogens with zero attached hydrogens (tertiary/aromatic N) is 3. The zero-order valence-electron chi connectivity index (χ0n) is 11.4. The van der Waals surface area contributed by atoms with Gasteiger partial charge in [0.2, 0.25) is 0 Å². The second-order valence-corrected chi connectivity index (χ2v) is 6.41. The minimum Gasteiger partial charge on any atom is -0.302 e. The quantitative estimate of drug-likeness (QED) is 0.761. The highest BCUT2D eigenvalue weighted by Gasteiger charge is 2.15. The Hall–Kier alpha value is -1.89. The van der Waals surface area contributed by atoms with Crippen LogP contribution in [0.1, 0.15) is 18.9 Å². The van der Waals surface area contributed by atoms with Crippen molar-refractivity contribution in [2.75, 3.05) is 25.4 Å². The fourth-order valence-corrected chi connectivity index (χ4v) is 3.03. The van der Waals surface area contributed by atoms with E-state index in [4.69, 9.17) is 10.5 Å². The Morgan fingerprint density at radius 1 is 1.15 bits per heavy atom. The van der Waals surface area contributed by atoms with Crippen molar-refractivity contribution in [1.82, 2.24) is 4.90 Å². The van der Waals surface area contributed by atoms with Crippen molar-refractivity contribution in [2.45, 2.75) is 18.2 Å². The molecule has 0 unspecified atom stereocenters. The van der Waals surface area contributed by atoms with Crippen molar-refractivity contribution < 1.29 is 8.42 Å². The van der Waals surface area contributed by atoms with Crippen molar-refractivity contribution in [3.63, 3.8) is 0 Å². The smallest absolute Gasteiger partial charge is 0.179 e. The highest BCUT2D eigenvalue weighted by molar-refractivity contribution is 7.91. The minimum atomic E-state index is -3.35. The van der Waals surface area contributed by atoms with E-state index in [1.165, 1.54) is 24.3 Å². The zero-order valence-corrected chi connectivity index (χ0v) is 12.2. The first-order valence-electron chi connectivity index (χ1n) is 6.35. The van der Waals surface area contributed by atoms with Gasteiger partial charge in [0.05, 0.1) is 28.4 Å². The van der Waals surface area contributed by atoms with Gasteiger partial charge in [0.1, 0.15) is 0 Å². The summed E-state index contributed by atoms with van der Waals surface area (Å²) in [7, 11) is -3.35. The molecule has 1 aromatic rings. The Bertz CT molecular complexity index is 609. The van der Waals surface area contributed by atoms with E-state index in [1.54, 1.807) is 0 Å². The fourth-order valence-electron chi connectivity index (χ4n) is 1.74. The van der Waals surface area contributed by atoms with Gasteiger partial charge in [-0.05, 0) is 30.8 Å². The maximum absolute atomic E-state index is 12.2. The topological polar surface area (TPSA) is 85.0 Å². The molecule has 1 rings (SSSR count). The highest BCUT2D eigenvalue weighted by atomic mass is 32.2. The number of rotatable bonds is 7. The summed E-state index contributed by atoms with van der Waals surface area (Å²) in [5, 5.41) is 17.2. The molecule has 106 valence electrons. The molecular weight excluding hydrogens is 274 g/mol. The fraction of sp³-hybridized carbons (Fsp3) is 0.429. The van der Waals surface area contributed by atoms with Gasteiger partial charge in [0.15, 0.2) is 9.84 Å². The van der Waals surface area contributed by atoms with E-state index in [2.05, 4.69) is 6.07 Å². The minimum absolute atomic E-state index is 0.0121. The van der Waals surface area contributed by atoms with Crippen molar-refractivity contribution in [2.24, 2.45) is 0 Å². The van der Waals surface area contributed by atoms with E-state index in [9.17, 15) is 8.42 Å². The Morgan fingerprint density at radius 3 is 2.30 bits per heavy atom. The molecule has 0 heterocycles. The van der Waals surface area contributed by atoms with Gasteiger partial charge in [-0.1, -0.05) is 6.92 Å². The summed E-state index contributed by atoms with van der Waals surface area (Å²) >= 11 is 0. The lowest BCUT2D eigenvalue weighted by atomic mass is 10.2. The molecule has 0 aliphatic carbocycles. The molecule has 0 radical (unpaired) electrons.